The van der Waals surface area contributed by atoms with Crippen molar-refractivity contribution in [2.24, 2.45) is 0 Å². The van der Waals surface area contributed by atoms with Gasteiger partial charge in [-0.2, -0.15) is 30.8 Å². The van der Waals surface area contributed by atoms with Gasteiger partial charge in [0.2, 0.25) is 7.14 Å². The van der Waals surface area contributed by atoms with Crippen LogP contribution in [0.3, 0.4) is 0 Å². The van der Waals surface area contributed by atoms with E-state index in [1.165, 1.54) is 12.4 Å². The molecule has 0 amide bonds. The summed E-state index contributed by atoms with van der Waals surface area (Å²) in [5, 5.41) is 20.9. The largest absolute Gasteiger partial charge is 0.305 e. The van der Waals surface area contributed by atoms with Gasteiger partial charge in [-0.05, 0) is 0 Å². The minimum atomic E-state index is -3.09. The van der Waals surface area contributed by atoms with Crippen molar-refractivity contribution in [3.63, 3.8) is 0 Å². The Kier molecular flexibility index (Phi) is 2.53. The van der Waals surface area contributed by atoms with Crippen LogP contribution in [0.1, 0.15) is 0 Å². The summed E-state index contributed by atoms with van der Waals surface area (Å²) in [7, 11) is -3.09. The summed E-state index contributed by atoms with van der Waals surface area (Å²) in [6.07, 6.45) is 2.89. The van der Waals surface area contributed by atoms with Gasteiger partial charge in [0.05, 0.1) is 12.4 Å². The van der Waals surface area contributed by atoms with Gasteiger partial charge >= 0.3 is 0 Å². The van der Waals surface area contributed by atoms with E-state index in [1.807, 2.05) is 18.2 Å². The minimum Gasteiger partial charge on any atom is -0.305 e. The lowest BCUT2D eigenvalue weighted by Gasteiger charge is -2.12. The van der Waals surface area contributed by atoms with Crippen molar-refractivity contribution in [3.8, 4) is 0 Å². The average Bonchev–Trinajstić information content (AvgIpc) is 3.12. The molecule has 0 aliphatic rings. The molecule has 8 heteroatoms. The smallest absolute Gasteiger partial charge is 0.212 e. The number of nitrogens with one attached hydrogen (secondary N) is 2. The molecule has 3 rings (SSSR count). The van der Waals surface area contributed by atoms with Gasteiger partial charge in [0, 0.05) is 5.30 Å². The molecule has 7 nitrogen and oxygen atoms in total. The van der Waals surface area contributed by atoms with Crippen molar-refractivity contribution in [1.29, 1.82) is 0 Å². The van der Waals surface area contributed by atoms with E-state index in [2.05, 4.69) is 30.8 Å². The third-order valence-corrected chi connectivity index (χ3v) is 5.32. The summed E-state index contributed by atoms with van der Waals surface area (Å²) in [5.74, 6) is 0. The van der Waals surface area contributed by atoms with E-state index in [0.29, 0.717) is 16.2 Å². The summed E-state index contributed by atoms with van der Waals surface area (Å²) in [5.41, 5.74) is 0.727. The zero-order valence-electron chi connectivity index (χ0n) is 9.19. The fourth-order valence-corrected chi connectivity index (χ4v) is 3.88. The molecule has 0 spiro atoms. The molecule has 3 aromatic rings. The molecule has 0 saturated carbocycles. The van der Waals surface area contributed by atoms with Crippen LogP contribution in [0.25, 0.3) is 0 Å². The first-order valence-corrected chi connectivity index (χ1v) is 6.91. The Labute approximate surface area is 102 Å². The highest BCUT2D eigenvalue weighted by atomic mass is 31.2. The highest BCUT2D eigenvalue weighted by molar-refractivity contribution is 7.84. The Bertz CT molecular complexity index is 625. The number of rotatable bonds is 3. The standard InChI is InChI=1S/C10H9N6OP/c17-18(9-6-11-15-13-9,10-7-12-16-14-10)8-4-2-1-3-5-8/h1-7H,(H,11,13,15)(H,12,14,16). The van der Waals surface area contributed by atoms with E-state index >= 15 is 0 Å². The molecular weight excluding hydrogens is 251 g/mol. The van der Waals surface area contributed by atoms with Crippen LogP contribution < -0.4 is 16.2 Å². The second-order valence-corrected chi connectivity index (χ2v) is 6.25. The molecule has 0 aliphatic carbocycles. The van der Waals surface area contributed by atoms with Crippen LogP contribution in [0.15, 0.2) is 42.7 Å². The van der Waals surface area contributed by atoms with Crippen LogP contribution in [0, 0.1) is 0 Å². The van der Waals surface area contributed by atoms with Gasteiger partial charge in [0.1, 0.15) is 0 Å². The summed E-state index contributed by atoms with van der Waals surface area (Å²) >= 11 is 0. The van der Waals surface area contributed by atoms with Gasteiger partial charge in [-0.15, -0.1) is 0 Å². The Morgan fingerprint density at radius 2 is 1.44 bits per heavy atom. The molecule has 0 atom stereocenters. The fourth-order valence-electron chi connectivity index (χ4n) is 1.71. The Morgan fingerprint density at radius 3 is 1.89 bits per heavy atom. The van der Waals surface area contributed by atoms with Crippen LogP contribution >= 0.6 is 7.14 Å². The molecule has 0 saturated heterocycles. The Hall–Kier alpha value is -2.27. The molecular formula is C10H9N6OP. The highest BCUT2D eigenvalue weighted by Crippen LogP contribution is 2.39. The topological polar surface area (TPSA) is 100 Å². The average molecular weight is 260 g/mol. The summed E-state index contributed by atoms with van der Waals surface area (Å²) < 4.78 is 13.3. The molecule has 0 aliphatic heterocycles. The van der Waals surface area contributed by atoms with E-state index in [0.717, 1.165) is 0 Å². The van der Waals surface area contributed by atoms with Gasteiger partial charge in [0.15, 0.2) is 10.9 Å². The molecule has 0 bridgehead atoms. The third kappa shape index (κ3) is 1.56. The zero-order valence-corrected chi connectivity index (χ0v) is 10.1. The lowest BCUT2D eigenvalue weighted by molar-refractivity contribution is 0.591. The molecule has 2 heterocycles. The van der Waals surface area contributed by atoms with Crippen molar-refractivity contribution in [2.45, 2.75) is 0 Å². The molecule has 0 radical (unpaired) electrons. The summed E-state index contributed by atoms with van der Waals surface area (Å²) in [6.45, 7) is 0. The third-order valence-electron chi connectivity index (χ3n) is 2.57. The number of hydrogen-bond donors (Lipinski definition) is 2. The van der Waals surface area contributed by atoms with Crippen LogP contribution in [0.5, 0.6) is 0 Å². The van der Waals surface area contributed by atoms with E-state index < -0.39 is 7.14 Å². The maximum Gasteiger partial charge on any atom is 0.212 e. The lowest BCUT2D eigenvalue weighted by atomic mass is 10.4. The molecule has 18 heavy (non-hydrogen) atoms. The highest BCUT2D eigenvalue weighted by Gasteiger charge is 2.34. The second-order valence-electron chi connectivity index (χ2n) is 3.60. The minimum absolute atomic E-state index is 0.364. The van der Waals surface area contributed by atoms with Crippen molar-refractivity contribution in [1.82, 2.24) is 30.8 Å². The van der Waals surface area contributed by atoms with Crippen molar-refractivity contribution in [2.75, 3.05) is 0 Å². The quantitative estimate of drug-likeness (QED) is 0.622. The van der Waals surface area contributed by atoms with E-state index in [1.54, 1.807) is 12.1 Å². The number of benzene rings is 1. The van der Waals surface area contributed by atoms with Gasteiger partial charge in [-0.1, -0.05) is 30.3 Å². The van der Waals surface area contributed by atoms with Crippen LogP contribution in [0.2, 0.25) is 0 Å². The first-order chi connectivity index (χ1) is 8.82. The van der Waals surface area contributed by atoms with E-state index in [9.17, 15) is 4.57 Å². The predicted molar refractivity (Wildman–Crippen MR) is 65.7 cm³/mol. The van der Waals surface area contributed by atoms with Crippen molar-refractivity contribution < 1.29 is 4.57 Å². The molecule has 2 N–H and O–H groups in total. The molecule has 0 fully saturated rings. The Morgan fingerprint density at radius 1 is 0.889 bits per heavy atom. The fraction of sp³-hybridized carbons (Fsp3) is 0. The molecule has 0 unspecified atom stereocenters. The normalized spacial score (nSPS) is 11.6. The van der Waals surface area contributed by atoms with Gasteiger partial charge in [-0.25, -0.2) is 0 Å². The zero-order chi connectivity index (χ0) is 12.4. The SMILES string of the molecule is O=P(c1ccccc1)(c1cn[nH]n1)c1cn[nH]n1. The van der Waals surface area contributed by atoms with Gasteiger partial charge in [-0.3, -0.25) is 0 Å². The maximum absolute atomic E-state index is 13.3. The molecule has 2 aromatic heterocycles. The first kappa shape index (κ1) is 10.9. The van der Waals surface area contributed by atoms with Crippen molar-refractivity contribution >= 4 is 23.3 Å². The van der Waals surface area contributed by atoms with Crippen molar-refractivity contribution in [3.05, 3.63) is 42.7 Å². The number of nitrogens with zero attached hydrogens (tertiary/aromatic N) is 4. The monoisotopic (exact) mass is 260 g/mol. The van der Waals surface area contributed by atoms with Crippen LogP contribution in [-0.4, -0.2) is 30.8 Å². The number of aromatic nitrogens is 6. The Balaban J connectivity index is 2.26. The molecule has 90 valence electrons. The second kappa shape index (κ2) is 4.19. The van der Waals surface area contributed by atoms with Crippen LogP contribution in [0.4, 0.5) is 0 Å². The van der Waals surface area contributed by atoms with Gasteiger partial charge < -0.3 is 4.57 Å². The maximum atomic E-state index is 13.3. The predicted octanol–water partition coefficient (Wildman–Crippen LogP) is -0.438. The number of aromatic amines is 2. The van der Waals surface area contributed by atoms with Gasteiger partial charge in [0.25, 0.3) is 0 Å². The molecule has 1 aromatic carbocycles. The lowest BCUT2D eigenvalue weighted by Crippen LogP contribution is -2.26. The summed E-state index contributed by atoms with van der Waals surface area (Å²) in [6, 6.07) is 9.07. The van der Waals surface area contributed by atoms with E-state index in [-0.39, 0.29) is 0 Å². The number of hydrogen-bond acceptors (Lipinski definition) is 5. The summed E-state index contributed by atoms with van der Waals surface area (Å²) in [4.78, 5) is 0. The first-order valence-electron chi connectivity index (χ1n) is 5.20. The number of H-pyrrole nitrogens is 2. The van der Waals surface area contributed by atoms with Crippen LogP contribution in [-0.2, 0) is 4.57 Å². The van der Waals surface area contributed by atoms with E-state index in [4.69, 9.17) is 0 Å².